The molecule has 2 aliphatic carbocycles. The molecule has 9 nitrogen and oxygen atoms in total. The Kier molecular flexibility index (Phi) is 6.56. The van der Waals surface area contributed by atoms with Gasteiger partial charge in [0.2, 0.25) is 0 Å². The van der Waals surface area contributed by atoms with Gasteiger partial charge in [0.1, 0.15) is 10.8 Å². The Bertz CT molecular complexity index is 1410. The van der Waals surface area contributed by atoms with E-state index in [4.69, 9.17) is 10.5 Å². The van der Waals surface area contributed by atoms with Crippen molar-refractivity contribution in [2.45, 2.75) is 57.3 Å². The molecule has 2 heterocycles. The molecule has 0 radical (unpaired) electrons. The third kappa shape index (κ3) is 4.09. The topological polar surface area (TPSA) is 140 Å². The van der Waals surface area contributed by atoms with Crippen LogP contribution in [-0.4, -0.2) is 23.8 Å². The number of fused-ring (bicyclic) bond motifs is 1. The molecule has 3 aliphatic rings. The van der Waals surface area contributed by atoms with E-state index in [0.29, 0.717) is 46.7 Å². The van der Waals surface area contributed by atoms with Crippen molar-refractivity contribution < 1.29 is 19.2 Å². The summed E-state index contributed by atoms with van der Waals surface area (Å²) in [4.78, 5) is 40.0. The van der Waals surface area contributed by atoms with E-state index in [9.17, 15) is 25.0 Å². The van der Waals surface area contributed by atoms with Gasteiger partial charge in [0, 0.05) is 34.7 Å². The third-order valence-electron chi connectivity index (χ3n) is 7.35. The standard InChI is InChI=1S/C27H26N4O5S/c1-36-27(33)23-17-6-3-2-4-9-21(17)37-26(23)30-19-7-5-8-20(32)24(19)22(18(14-28)25(30)29)15-10-12-16(13-11-15)31(34)35/h10-13,22H,2-9,29H2,1H3/t22-/m0/s1. The Labute approximate surface area is 218 Å². The summed E-state index contributed by atoms with van der Waals surface area (Å²) in [5.41, 5.74) is 9.97. The van der Waals surface area contributed by atoms with Gasteiger partial charge in [-0.15, -0.1) is 11.3 Å². The van der Waals surface area contributed by atoms with Gasteiger partial charge in [0.05, 0.1) is 35.2 Å². The molecule has 10 heteroatoms. The van der Waals surface area contributed by atoms with Crippen LogP contribution >= 0.6 is 11.3 Å². The van der Waals surface area contributed by atoms with Gasteiger partial charge in [-0.05, 0) is 49.7 Å². The fourth-order valence-electron chi connectivity index (χ4n) is 5.64. The summed E-state index contributed by atoms with van der Waals surface area (Å²) in [5, 5.41) is 22.0. The van der Waals surface area contributed by atoms with Crippen LogP contribution in [0.25, 0.3) is 0 Å². The van der Waals surface area contributed by atoms with Gasteiger partial charge in [-0.25, -0.2) is 4.79 Å². The highest BCUT2D eigenvalue weighted by Gasteiger charge is 2.42. The number of nitrogens with zero attached hydrogens (tertiary/aromatic N) is 3. The SMILES string of the molecule is COC(=O)c1c(N2C(N)=C(C#N)[C@H](c3ccc([N+](=O)[O-])cc3)C3=C2CCCC3=O)sc2c1CCCCC2. The molecule has 0 amide bonds. The molecule has 2 N–H and O–H groups in total. The van der Waals surface area contributed by atoms with Crippen LogP contribution in [0.15, 0.2) is 46.9 Å². The molecular formula is C27H26N4O5S. The molecule has 0 fully saturated rings. The largest absolute Gasteiger partial charge is 0.465 e. The van der Waals surface area contributed by atoms with Gasteiger partial charge in [-0.3, -0.25) is 19.8 Å². The van der Waals surface area contributed by atoms with Crippen LogP contribution in [0.1, 0.15) is 70.8 Å². The highest BCUT2D eigenvalue weighted by Crippen LogP contribution is 2.50. The number of ether oxygens (including phenoxy) is 1. The van der Waals surface area contributed by atoms with Crippen molar-refractivity contribution in [2.24, 2.45) is 5.73 Å². The second-order valence-electron chi connectivity index (χ2n) is 9.40. The Balaban J connectivity index is 1.74. The number of carbonyl (C=O) groups is 2. The minimum absolute atomic E-state index is 0.0800. The molecule has 2 aromatic rings. The Morgan fingerprint density at radius 3 is 2.57 bits per heavy atom. The quantitative estimate of drug-likeness (QED) is 0.258. The summed E-state index contributed by atoms with van der Waals surface area (Å²) in [5.74, 6) is -1.11. The lowest BCUT2D eigenvalue weighted by Gasteiger charge is -2.39. The van der Waals surface area contributed by atoms with E-state index in [1.165, 1.54) is 30.6 Å². The van der Waals surface area contributed by atoms with Gasteiger partial charge in [-0.1, -0.05) is 18.6 Å². The molecule has 0 saturated heterocycles. The van der Waals surface area contributed by atoms with Gasteiger partial charge < -0.3 is 10.5 Å². The number of methoxy groups -OCH3 is 1. The maximum atomic E-state index is 13.4. The van der Waals surface area contributed by atoms with Crippen molar-refractivity contribution in [2.75, 3.05) is 12.0 Å². The number of ketones is 1. The molecule has 190 valence electrons. The van der Waals surface area contributed by atoms with Gasteiger partial charge in [0.15, 0.2) is 5.78 Å². The Morgan fingerprint density at radius 1 is 1.16 bits per heavy atom. The van der Waals surface area contributed by atoms with Crippen LogP contribution in [0.4, 0.5) is 10.7 Å². The number of nitro benzene ring substituents is 1. The number of nitro groups is 1. The molecule has 1 aliphatic heterocycles. The predicted octanol–water partition coefficient (Wildman–Crippen LogP) is 5.02. The molecular weight excluding hydrogens is 492 g/mol. The number of Topliss-reactive ketones (excluding diaryl/α,β-unsaturated/α-hetero) is 1. The summed E-state index contributed by atoms with van der Waals surface area (Å²) in [6.45, 7) is 0. The Morgan fingerprint density at radius 2 is 1.89 bits per heavy atom. The van der Waals surface area contributed by atoms with Crippen molar-refractivity contribution in [1.82, 2.24) is 0 Å². The zero-order valence-corrected chi connectivity index (χ0v) is 21.2. The Hall–Kier alpha value is -3.97. The lowest BCUT2D eigenvalue weighted by molar-refractivity contribution is -0.384. The first-order chi connectivity index (χ1) is 17.9. The molecule has 0 unspecified atom stereocenters. The number of esters is 1. The number of anilines is 1. The lowest BCUT2D eigenvalue weighted by atomic mass is 9.75. The average molecular weight is 519 g/mol. The summed E-state index contributed by atoms with van der Waals surface area (Å²) in [7, 11) is 1.35. The highest BCUT2D eigenvalue weighted by atomic mass is 32.1. The molecule has 5 rings (SSSR count). The molecule has 1 aromatic heterocycles. The maximum absolute atomic E-state index is 13.4. The monoisotopic (exact) mass is 518 g/mol. The van der Waals surface area contributed by atoms with E-state index in [0.717, 1.165) is 42.5 Å². The first-order valence-electron chi connectivity index (χ1n) is 12.3. The molecule has 0 bridgehead atoms. The minimum atomic E-state index is -0.732. The van der Waals surface area contributed by atoms with Crippen molar-refractivity contribution in [3.63, 3.8) is 0 Å². The second-order valence-corrected chi connectivity index (χ2v) is 10.5. The highest BCUT2D eigenvalue weighted by molar-refractivity contribution is 7.16. The lowest BCUT2D eigenvalue weighted by Crippen LogP contribution is -2.39. The van der Waals surface area contributed by atoms with E-state index >= 15 is 0 Å². The van der Waals surface area contributed by atoms with Crippen LogP contribution in [0.5, 0.6) is 0 Å². The van der Waals surface area contributed by atoms with Crippen molar-refractivity contribution in [3.8, 4) is 6.07 Å². The first kappa shape index (κ1) is 24.7. The molecule has 1 aromatic carbocycles. The van der Waals surface area contributed by atoms with E-state index in [-0.39, 0.29) is 22.9 Å². The molecule has 0 saturated carbocycles. The zero-order valence-electron chi connectivity index (χ0n) is 20.4. The smallest absolute Gasteiger partial charge is 0.341 e. The number of aryl methyl sites for hydroxylation is 1. The molecule has 37 heavy (non-hydrogen) atoms. The number of nitriles is 1. The third-order valence-corrected chi connectivity index (χ3v) is 8.62. The van der Waals surface area contributed by atoms with Gasteiger partial charge >= 0.3 is 5.97 Å². The van der Waals surface area contributed by atoms with Crippen molar-refractivity contribution in [3.05, 3.63) is 78.6 Å². The van der Waals surface area contributed by atoms with E-state index < -0.39 is 16.8 Å². The summed E-state index contributed by atoms with van der Waals surface area (Å²) in [6, 6.07) is 8.09. The molecule has 0 spiro atoms. The van der Waals surface area contributed by atoms with Crippen LogP contribution in [0.3, 0.4) is 0 Å². The first-order valence-corrected chi connectivity index (χ1v) is 13.1. The zero-order chi connectivity index (χ0) is 26.3. The van der Waals surface area contributed by atoms with Crippen LogP contribution in [-0.2, 0) is 22.4 Å². The summed E-state index contributed by atoms with van der Waals surface area (Å²) in [6.07, 6.45) is 6.19. The van der Waals surface area contributed by atoms with Crippen LogP contribution < -0.4 is 10.6 Å². The second kappa shape index (κ2) is 9.82. The maximum Gasteiger partial charge on any atom is 0.341 e. The predicted molar refractivity (Wildman–Crippen MR) is 138 cm³/mol. The normalized spacial score (nSPS) is 19.6. The van der Waals surface area contributed by atoms with Crippen LogP contribution in [0, 0.1) is 21.4 Å². The number of non-ortho nitro benzene ring substituents is 1. The molecule has 1 atom stereocenters. The number of carbonyl (C=O) groups excluding carboxylic acids is 2. The van der Waals surface area contributed by atoms with E-state index in [2.05, 4.69) is 6.07 Å². The number of benzene rings is 1. The van der Waals surface area contributed by atoms with Crippen LogP contribution in [0.2, 0.25) is 0 Å². The number of rotatable bonds is 4. The van der Waals surface area contributed by atoms with Gasteiger partial charge in [0.25, 0.3) is 5.69 Å². The number of thiophene rings is 1. The van der Waals surface area contributed by atoms with Gasteiger partial charge in [-0.2, -0.15) is 5.26 Å². The average Bonchev–Trinajstić information content (AvgIpc) is 3.09. The number of hydrogen-bond acceptors (Lipinski definition) is 9. The summed E-state index contributed by atoms with van der Waals surface area (Å²) >= 11 is 1.48. The number of allylic oxidation sites excluding steroid dienone is 3. The fraction of sp³-hybridized carbons (Fsp3) is 0.370. The van der Waals surface area contributed by atoms with Crippen molar-refractivity contribution in [1.29, 1.82) is 5.26 Å². The van der Waals surface area contributed by atoms with E-state index in [1.807, 2.05) is 0 Å². The minimum Gasteiger partial charge on any atom is -0.465 e. The number of hydrogen-bond donors (Lipinski definition) is 1. The number of nitrogens with two attached hydrogens (primary N) is 1. The van der Waals surface area contributed by atoms with Crippen molar-refractivity contribution >= 4 is 33.8 Å². The summed E-state index contributed by atoms with van der Waals surface area (Å²) < 4.78 is 5.18. The van der Waals surface area contributed by atoms with E-state index in [1.54, 1.807) is 17.0 Å². The fourth-order valence-corrected chi connectivity index (χ4v) is 7.05.